The third kappa shape index (κ3) is 2.25. The number of nitrogens with one attached hydrogen (secondary N) is 1. The van der Waals surface area contributed by atoms with Crippen LogP contribution in [-0.2, 0) is 0 Å². The summed E-state index contributed by atoms with van der Waals surface area (Å²) in [4.78, 5) is 10.0. The fourth-order valence-corrected chi connectivity index (χ4v) is 1.13. The van der Waals surface area contributed by atoms with Gasteiger partial charge in [-0.2, -0.15) is 0 Å². The summed E-state index contributed by atoms with van der Waals surface area (Å²) < 4.78 is 0. The fourth-order valence-electron chi connectivity index (χ4n) is 0.678. The van der Waals surface area contributed by atoms with E-state index in [0.717, 1.165) is 0 Å². The molecule has 0 aliphatic rings. The molecule has 0 aliphatic heterocycles. The van der Waals surface area contributed by atoms with Gasteiger partial charge in [0.1, 0.15) is 5.69 Å². The molecule has 1 N–H and O–H groups in total. The third-order valence-corrected chi connectivity index (χ3v) is 1.69. The molecule has 1 aromatic carbocycles. The molecule has 0 bridgehead atoms. The van der Waals surface area contributed by atoms with Gasteiger partial charge >= 0.3 is 0 Å². The molecule has 64 valence electrons. The van der Waals surface area contributed by atoms with E-state index in [1.54, 1.807) is 0 Å². The van der Waals surface area contributed by atoms with Gasteiger partial charge in [0, 0.05) is 5.02 Å². The lowest BCUT2D eigenvalue weighted by Crippen LogP contribution is -2.07. The molecule has 12 heavy (non-hydrogen) atoms. The number of hydrogen-bond acceptors (Lipinski definition) is 2. The molecule has 0 saturated heterocycles. The van der Waals surface area contributed by atoms with Crippen molar-refractivity contribution in [3.8, 4) is 0 Å². The number of rotatable bonds is 2. The molecule has 0 unspecified atom stereocenters. The maximum absolute atomic E-state index is 10.0. The zero-order valence-electron chi connectivity index (χ0n) is 5.75. The quantitative estimate of drug-likeness (QED) is 0.598. The van der Waals surface area contributed by atoms with Gasteiger partial charge in [-0.15, -0.1) is 5.43 Å². The predicted molar refractivity (Wildman–Crippen MR) is 47.1 cm³/mol. The highest BCUT2D eigenvalue weighted by Gasteiger charge is 2.04. The number of hydrogen-bond donors (Lipinski definition) is 1. The molecule has 0 aliphatic carbocycles. The van der Waals surface area contributed by atoms with Crippen LogP contribution in [0.25, 0.3) is 0 Å². The highest BCUT2D eigenvalue weighted by Crippen LogP contribution is 2.24. The Morgan fingerprint density at radius 3 is 2.58 bits per heavy atom. The second-order valence-electron chi connectivity index (χ2n) is 1.99. The lowest BCUT2D eigenvalue weighted by Gasteiger charge is -1.99. The van der Waals surface area contributed by atoms with Gasteiger partial charge in [0.15, 0.2) is 5.03 Å². The number of halogens is 2. The van der Waals surface area contributed by atoms with Crippen molar-refractivity contribution in [2.45, 2.75) is 0 Å². The van der Waals surface area contributed by atoms with Gasteiger partial charge < -0.3 is 0 Å². The van der Waals surface area contributed by atoms with Crippen LogP contribution in [0.4, 0.5) is 5.69 Å². The van der Waals surface area contributed by atoms with Gasteiger partial charge in [0.2, 0.25) is 0 Å². The second-order valence-corrected chi connectivity index (χ2v) is 2.84. The molecular weight excluding hydrogens is 203 g/mol. The van der Waals surface area contributed by atoms with E-state index in [1.165, 1.54) is 18.2 Å². The summed E-state index contributed by atoms with van der Waals surface area (Å²) in [6, 6.07) is 4.38. The van der Waals surface area contributed by atoms with Gasteiger partial charge in [-0.1, -0.05) is 23.2 Å². The minimum absolute atomic E-state index is 0.221. The van der Waals surface area contributed by atoms with E-state index in [-0.39, 0.29) is 10.7 Å². The van der Waals surface area contributed by atoms with E-state index >= 15 is 0 Å². The van der Waals surface area contributed by atoms with Crippen LogP contribution in [0.2, 0.25) is 10.0 Å². The minimum atomic E-state index is -0.685. The van der Waals surface area contributed by atoms with E-state index in [0.29, 0.717) is 5.02 Å². The van der Waals surface area contributed by atoms with E-state index in [2.05, 4.69) is 0 Å². The van der Waals surface area contributed by atoms with Crippen LogP contribution >= 0.6 is 23.2 Å². The maximum atomic E-state index is 10.0. The van der Waals surface area contributed by atoms with Gasteiger partial charge in [-0.05, 0) is 18.2 Å². The van der Waals surface area contributed by atoms with E-state index in [4.69, 9.17) is 23.2 Å². The lowest BCUT2D eigenvalue weighted by molar-refractivity contribution is -0.445. The second kappa shape index (κ2) is 3.60. The van der Waals surface area contributed by atoms with Gasteiger partial charge in [-0.25, -0.2) is 10.1 Å². The number of nitro groups is 1. The van der Waals surface area contributed by atoms with Crippen LogP contribution < -0.4 is 5.43 Å². The van der Waals surface area contributed by atoms with Crippen molar-refractivity contribution in [3.05, 3.63) is 38.4 Å². The first-order valence-corrected chi connectivity index (χ1v) is 3.71. The monoisotopic (exact) mass is 206 g/mol. The summed E-state index contributed by atoms with van der Waals surface area (Å²) in [5.74, 6) is 0. The van der Waals surface area contributed by atoms with Crippen molar-refractivity contribution in [2.75, 3.05) is 5.43 Å². The van der Waals surface area contributed by atoms with Crippen molar-refractivity contribution in [2.24, 2.45) is 0 Å². The van der Waals surface area contributed by atoms with E-state index in [1.807, 2.05) is 5.43 Å². The molecule has 0 amide bonds. The Morgan fingerprint density at radius 2 is 2.08 bits per heavy atom. The van der Waals surface area contributed by atoms with Crippen LogP contribution in [0, 0.1) is 10.1 Å². The molecule has 0 atom stereocenters. The molecular formula is C6H4Cl2N2O2. The minimum Gasteiger partial charge on any atom is -0.235 e. The molecule has 0 radical (unpaired) electrons. The van der Waals surface area contributed by atoms with Crippen molar-refractivity contribution in [3.63, 3.8) is 0 Å². The van der Waals surface area contributed by atoms with Crippen molar-refractivity contribution in [1.29, 1.82) is 0 Å². The first-order valence-electron chi connectivity index (χ1n) is 2.95. The van der Waals surface area contributed by atoms with Gasteiger partial charge in [0.05, 0.1) is 5.02 Å². The number of hydrazine groups is 1. The third-order valence-electron chi connectivity index (χ3n) is 1.14. The normalized spacial score (nSPS) is 9.50. The first-order chi connectivity index (χ1) is 5.59. The molecule has 4 nitrogen and oxygen atoms in total. The Kier molecular flexibility index (Phi) is 2.73. The lowest BCUT2D eigenvalue weighted by atomic mass is 10.3. The molecule has 6 heteroatoms. The molecule has 0 saturated carbocycles. The molecule has 0 aromatic heterocycles. The molecule has 0 fully saturated rings. The van der Waals surface area contributed by atoms with Crippen LogP contribution in [0.3, 0.4) is 0 Å². The molecule has 0 spiro atoms. The topological polar surface area (TPSA) is 55.2 Å². The van der Waals surface area contributed by atoms with Crippen LogP contribution in [0.15, 0.2) is 18.2 Å². The SMILES string of the molecule is O=[N+]([O-])Nc1ccc(Cl)cc1Cl. The molecule has 1 rings (SSSR count). The Morgan fingerprint density at radius 1 is 1.42 bits per heavy atom. The van der Waals surface area contributed by atoms with Crippen LogP contribution in [0.5, 0.6) is 0 Å². The molecule has 1 aromatic rings. The van der Waals surface area contributed by atoms with Gasteiger partial charge in [-0.3, -0.25) is 0 Å². The summed E-state index contributed by atoms with van der Waals surface area (Å²) >= 11 is 11.2. The largest absolute Gasteiger partial charge is 0.235 e. The zero-order valence-corrected chi connectivity index (χ0v) is 7.26. The average Bonchev–Trinajstić information content (AvgIpc) is 1.94. The van der Waals surface area contributed by atoms with E-state index < -0.39 is 5.03 Å². The van der Waals surface area contributed by atoms with E-state index in [9.17, 15) is 10.1 Å². The van der Waals surface area contributed by atoms with Crippen LogP contribution in [0.1, 0.15) is 0 Å². The summed E-state index contributed by atoms with van der Waals surface area (Å²) in [5.41, 5.74) is 2.16. The standard InChI is InChI=1S/C6H4Cl2N2O2/c7-4-1-2-6(5(8)3-4)9-10(11)12/h1-3,9H. The maximum Gasteiger partial charge on any atom is 0.162 e. The zero-order chi connectivity index (χ0) is 9.14. The average molecular weight is 207 g/mol. The smallest absolute Gasteiger partial charge is 0.162 e. The van der Waals surface area contributed by atoms with Crippen molar-refractivity contribution < 1.29 is 5.03 Å². The number of benzene rings is 1. The highest BCUT2D eigenvalue weighted by atomic mass is 35.5. The highest BCUT2D eigenvalue weighted by molar-refractivity contribution is 6.36. The Bertz CT molecular complexity index is 316. The predicted octanol–water partition coefficient (Wildman–Crippen LogP) is 2.60. The Hall–Kier alpha value is -1.000. The summed E-state index contributed by atoms with van der Waals surface area (Å²) in [7, 11) is 0. The van der Waals surface area contributed by atoms with Gasteiger partial charge in [0.25, 0.3) is 0 Å². The Labute approximate surface area is 78.2 Å². The molecule has 0 heterocycles. The summed E-state index contributed by atoms with van der Waals surface area (Å²) in [5, 5.41) is 9.98. The summed E-state index contributed by atoms with van der Waals surface area (Å²) in [6.45, 7) is 0. The fraction of sp³-hybridized carbons (Fsp3) is 0. The van der Waals surface area contributed by atoms with Crippen molar-refractivity contribution >= 4 is 28.9 Å². The first kappa shape index (κ1) is 9.09. The number of nitrogens with zero attached hydrogens (tertiary/aromatic N) is 1. The van der Waals surface area contributed by atoms with Crippen molar-refractivity contribution in [1.82, 2.24) is 0 Å². The number of anilines is 1. The Balaban J connectivity index is 2.93. The van der Waals surface area contributed by atoms with Crippen LogP contribution in [-0.4, -0.2) is 5.03 Å². The summed E-state index contributed by atoms with van der Waals surface area (Å²) in [6.07, 6.45) is 0.